The molecule has 0 atom stereocenters. The monoisotopic (exact) mass is 479 g/mol. The Morgan fingerprint density at radius 2 is 1.62 bits per heavy atom. The summed E-state index contributed by atoms with van der Waals surface area (Å²) < 4.78 is 33.4. The van der Waals surface area contributed by atoms with Gasteiger partial charge in [-0.05, 0) is 92.9 Å². The number of nitrogens with one attached hydrogen (secondary N) is 2. The number of carbonyl (C=O) groups excluding carboxylic acids is 1. The maximum absolute atomic E-state index is 12.8. The number of carbonyl (C=O) groups is 1. The standard InChI is InChI=1S/C26H29N3O4S/c1-2-33-24-13-15-25(16-14-24)34(31,32)28-22-8-6-7-20(19-22)26(30)27-21-9-11-23(12-10-21)29-17-4-3-5-18-29/h6-16,19,28H,2-5,17-18H2,1H3,(H,27,30). The number of nitrogens with zero attached hydrogens (tertiary/aromatic N) is 1. The molecule has 0 aliphatic carbocycles. The average Bonchev–Trinajstić information content (AvgIpc) is 2.85. The van der Waals surface area contributed by atoms with Crippen molar-refractivity contribution < 1.29 is 17.9 Å². The molecule has 178 valence electrons. The van der Waals surface area contributed by atoms with Crippen LogP contribution in [0.15, 0.2) is 77.7 Å². The van der Waals surface area contributed by atoms with E-state index in [2.05, 4.69) is 14.9 Å². The van der Waals surface area contributed by atoms with Crippen molar-refractivity contribution in [2.24, 2.45) is 0 Å². The molecular formula is C26H29N3O4S. The van der Waals surface area contributed by atoms with Gasteiger partial charge in [0.25, 0.3) is 15.9 Å². The van der Waals surface area contributed by atoms with Gasteiger partial charge in [-0.1, -0.05) is 6.07 Å². The van der Waals surface area contributed by atoms with Gasteiger partial charge < -0.3 is 15.0 Å². The van der Waals surface area contributed by atoms with Crippen LogP contribution in [0.5, 0.6) is 5.75 Å². The maximum atomic E-state index is 12.8. The highest BCUT2D eigenvalue weighted by molar-refractivity contribution is 7.92. The molecule has 3 aromatic rings. The van der Waals surface area contributed by atoms with E-state index in [4.69, 9.17) is 4.74 Å². The smallest absolute Gasteiger partial charge is 0.261 e. The lowest BCUT2D eigenvalue weighted by Gasteiger charge is -2.28. The highest BCUT2D eigenvalue weighted by Gasteiger charge is 2.16. The molecule has 0 bridgehead atoms. The average molecular weight is 480 g/mol. The van der Waals surface area contributed by atoms with Crippen LogP contribution in [0.25, 0.3) is 0 Å². The first kappa shape index (κ1) is 23.6. The number of sulfonamides is 1. The van der Waals surface area contributed by atoms with E-state index in [0.29, 0.717) is 29.3 Å². The highest BCUT2D eigenvalue weighted by atomic mass is 32.2. The van der Waals surface area contributed by atoms with Gasteiger partial charge in [-0.2, -0.15) is 0 Å². The second-order valence-corrected chi connectivity index (χ2v) is 9.82. The third-order valence-electron chi connectivity index (χ3n) is 5.67. The van der Waals surface area contributed by atoms with Crippen molar-refractivity contribution >= 4 is 33.0 Å². The predicted molar refractivity (Wildman–Crippen MR) is 135 cm³/mol. The Balaban J connectivity index is 1.41. The summed E-state index contributed by atoms with van der Waals surface area (Å²) >= 11 is 0. The Labute approximate surface area is 200 Å². The van der Waals surface area contributed by atoms with E-state index >= 15 is 0 Å². The van der Waals surface area contributed by atoms with Crippen LogP contribution in [0.3, 0.4) is 0 Å². The Hall–Kier alpha value is -3.52. The number of hydrogen-bond acceptors (Lipinski definition) is 5. The fourth-order valence-corrected chi connectivity index (χ4v) is 4.98. The second kappa shape index (κ2) is 10.6. The lowest BCUT2D eigenvalue weighted by molar-refractivity contribution is 0.102. The van der Waals surface area contributed by atoms with Gasteiger partial charge in [0.15, 0.2) is 0 Å². The topological polar surface area (TPSA) is 87.7 Å². The van der Waals surface area contributed by atoms with E-state index in [1.165, 1.54) is 37.5 Å². The van der Waals surface area contributed by atoms with Crippen LogP contribution >= 0.6 is 0 Å². The minimum absolute atomic E-state index is 0.111. The number of hydrogen-bond donors (Lipinski definition) is 2. The third-order valence-corrected chi connectivity index (χ3v) is 7.07. The van der Waals surface area contributed by atoms with Crippen molar-refractivity contribution in [2.45, 2.75) is 31.1 Å². The van der Waals surface area contributed by atoms with E-state index < -0.39 is 10.0 Å². The zero-order valence-electron chi connectivity index (χ0n) is 19.2. The lowest BCUT2D eigenvalue weighted by atomic mass is 10.1. The number of piperidine rings is 1. The molecule has 7 nitrogen and oxygen atoms in total. The summed E-state index contributed by atoms with van der Waals surface area (Å²) in [7, 11) is -3.80. The van der Waals surface area contributed by atoms with E-state index in [-0.39, 0.29) is 10.8 Å². The molecule has 1 fully saturated rings. The van der Waals surface area contributed by atoms with Gasteiger partial charge in [-0.25, -0.2) is 8.42 Å². The van der Waals surface area contributed by atoms with Crippen molar-refractivity contribution in [3.63, 3.8) is 0 Å². The number of benzene rings is 3. The molecule has 0 saturated carbocycles. The molecule has 0 spiro atoms. The quantitative estimate of drug-likeness (QED) is 0.468. The van der Waals surface area contributed by atoms with Crippen molar-refractivity contribution in [2.75, 3.05) is 34.6 Å². The van der Waals surface area contributed by atoms with Gasteiger partial charge >= 0.3 is 0 Å². The molecule has 1 amide bonds. The maximum Gasteiger partial charge on any atom is 0.261 e. The molecular weight excluding hydrogens is 450 g/mol. The molecule has 4 rings (SSSR count). The third kappa shape index (κ3) is 5.88. The Bertz CT molecular complexity index is 1220. The summed E-state index contributed by atoms with van der Waals surface area (Å²) in [5.74, 6) is 0.289. The molecule has 0 unspecified atom stereocenters. The van der Waals surface area contributed by atoms with E-state index in [1.807, 2.05) is 31.2 Å². The molecule has 1 heterocycles. The van der Waals surface area contributed by atoms with Gasteiger partial charge in [0, 0.05) is 35.7 Å². The summed E-state index contributed by atoms with van der Waals surface area (Å²) in [6, 6.07) is 20.4. The summed E-state index contributed by atoms with van der Waals surface area (Å²) in [5, 5.41) is 2.88. The van der Waals surface area contributed by atoms with Crippen molar-refractivity contribution in [1.29, 1.82) is 0 Å². The number of amides is 1. The molecule has 0 radical (unpaired) electrons. The minimum atomic E-state index is -3.80. The Morgan fingerprint density at radius 3 is 2.29 bits per heavy atom. The lowest BCUT2D eigenvalue weighted by Crippen LogP contribution is -2.29. The van der Waals surface area contributed by atoms with Gasteiger partial charge in [0.05, 0.1) is 11.5 Å². The zero-order chi connectivity index (χ0) is 24.0. The van der Waals surface area contributed by atoms with E-state index in [0.717, 1.165) is 18.8 Å². The fourth-order valence-electron chi connectivity index (χ4n) is 3.93. The first-order valence-electron chi connectivity index (χ1n) is 11.5. The molecule has 0 aromatic heterocycles. The van der Waals surface area contributed by atoms with Crippen LogP contribution in [-0.4, -0.2) is 34.0 Å². The van der Waals surface area contributed by atoms with Gasteiger partial charge in [0.2, 0.25) is 0 Å². The first-order valence-corrected chi connectivity index (χ1v) is 12.9. The predicted octanol–water partition coefficient (Wildman–Crippen LogP) is 5.13. The number of anilines is 3. The Kier molecular flexibility index (Phi) is 7.37. The minimum Gasteiger partial charge on any atom is -0.494 e. The molecule has 3 aromatic carbocycles. The number of ether oxygens (including phenoxy) is 1. The van der Waals surface area contributed by atoms with Crippen LogP contribution in [-0.2, 0) is 10.0 Å². The molecule has 1 aliphatic heterocycles. The number of rotatable bonds is 8. The summed E-state index contributed by atoms with van der Waals surface area (Å²) in [5.41, 5.74) is 2.50. The first-order chi connectivity index (χ1) is 16.4. The second-order valence-electron chi connectivity index (χ2n) is 8.14. The summed E-state index contributed by atoms with van der Waals surface area (Å²) in [6.45, 7) is 4.48. The molecule has 1 saturated heterocycles. The molecule has 2 N–H and O–H groups in total. The highest BCUT2D eigenvalue weighted by Crippen LogP contribution is 2.23. The van der Waals surface area contributed by atoms with Crippen molar-refractivity contribution in [3.05, 3.63) is 78.4 Å². The SMILES string of the molecule is CCOc1ccc(S(=O)(=O)Nc2cccc(C(=O)Nc3ccc(N4CCCCC4)cc3)c2)cc1. The normalized spacial score (nSPS) is 13.9. The van der Waals surface area contributed by atoms with Gasteiger partial charge in [-0.3, -0.25) is 9.52 Å². The molecule has 8 heteroatoms. The van der Waals surface area contributed by atoms with Crippen LogP contribution in [0, 0.1) is 0 Å². The fraction of sp³-hybridized carbons (Fsp3) is 0.269. The van der Waals surface area contributed by atoms with Crippen LogP contribution in [0.1, 0.15) is 36.5 Å². The van der Waals surface area contributed by atoms with Crippen LogP contribution in [0.2, 0.25) is 0 Å². The largest absolute Gasteiger partial charge is 0.494 e. The van der Waals surface area contributed by atoms with Gasteiger partial charge in [0.1, 0.15) is 5.75 Å². The molecule has 34 heavy (non-hydrogen) atoms. The summed E-state index contributed by atoms with van der Waals surface area (Å²) in [6.07, 6.45) is 3.69. The zero-order valence-corrected chi connectivity index (χ0v) is 20.0. The van der Waals surface area contributed by atoms with E-state index in [1.54, 1.807) is 30.3 Å². The van der Waals surface area contributed by atoms with Crippen molar-refractivity contribution in [3.8, 4) is 5.75 Å². The van der Waals surface area contributed by atoms with Crippen LogP contribution < -0.4 is 19.7 Å². The Morgan fingerprint density at radius 1 is 0.912 bits per heavy atom. The molecule has 1 aliphatic rings. The van der Waals surface area contributed by atoms with E-state index in [9.17, 15) is 13.2 Å². The summed E-state index contributed by atoms with van der Waals surface area (Å²) in [4.78, 5) is 15.2. The van der Waals surface area contributed by atoms with Crippen LogP contribution in [0.4, 0.5) is 17.1 Å². The van der Waals surface area contributed by atoms with Crippen molar-refractivity contribution in [1.82, 2.24) is 0 Å². The van der Waals surface area contributed by atoms with Gasteiger partial charge in [-0.15, -0.1) is 0 Å².